The molecule has 0 spiro atoms. The quantitative estimate of drug-likeness (QED) is 0.782. The van der Waals surface area contributed by atoms with Gasteiger partial charge in [-0.15, -0.1) is 0 Å². The molecule has 100 valence electrons. The van der Waals surface area contributed by atoms with E-state index in [-0.39, 0.29) is 12.8 Å². The molecule has 2 N–H and O–H groups in total. The van der Waals surface area contributed by atoms with Gasteiger partial charge in [0.2, 0.25) is 0 Å². The fourth-order valence-electron chi connectivity index (χ4n) is 1.10. The van der Waals surface area contributed by atoms with Gasteiger partial charge in [-0.05, 0) is 40.5 Å². The number of carboxylic acid groups (broad SMARTS) is 1. The number of hydrogen-bond acceptors (Lipinski definition) is 3. The van der Waals surface area contributed by atoms with Crippen LogP contribution in [0.5, 0.6) is 0 Å². The molecule has 0 fully saturated rings. The number of aliphatic carboxylic acids is 1. The largest absolute Gasteiger partial charge is 0.480 e. The number of carboxylic acids is 1. The van der Waals surface area contributed by atoms with Crippen molar-refractivity contribution in [2.75, 3.05) is 0 Å². The number of halogens is 1. The maximum Gasteiger partial charge on any atom is 0.408 e. The molecule has 1 amide bonds. The third kappa shape index (κ3) is 8.47. The molecule has 0 aliphatic heterocycles. The van der Waals surface area contributed by atoms with E-state index < -0.39 is 29.9 Å². The van der Waals surface area contributed by atoms with Gasteiger partial charge in [-0.2, -0.15) is 0 Å². The second-order valence-electron chi connectivity index (χ2n) is 4.90. The maximum atomic E-state index is 12.6. The van der Waals surface area contributed by atoms with Gasteiger partial charge in [0.15, 0.2) is 0 Å². The van der Waals surface area contributed by atoms with Crippen LogP contribution in [0.1, 0.15) is 40.5 Å². The van der Waals surface area contributed by atoms with Gasteiger partial charge in [0, 0.05) is 0 Å². The Hall–Kier alpha value is -1.33. The lowest BCUT2D eigenvalue weighted by atomic mass is 10.1. The van der Waals surface area contributed by atoms with Crippen LogP contribution >= 0.6 is 0 Å². The number of carbonyl (C=O) groups excluding carboxylic acids is 1. The fourth-order valence-corrected chi connectivity index (χ4v) is 1.10. The third-order valence-electron chi connectivity index (χ3n) is 1.84. The number of alkyl halides is 1. The Bertz CT molecular complexity index is 273. The fraction of sp³-hybridized carbons (Fsp3) is 0.818. The van der Waals surface area contributed by atoms with Crippen LogP contribution in [0.4, 0.5) is 9.18 Å². The molecular formula is C11H20FNO4. The van der Waals surface area contributed by atoms with Crippen molar-refractivity contribution in [3.8, 4) is 0 Å². The SMILES string of the molecule is CC(F)CC[C@H](NC(=O)OC(C)(C)C)C(=O)O. The second kappa shape index (κ2) is 6.42. The summed E-state index contributed by atoms with van der Waals surface area (Å²) in [5, 5.41) is 11.0. The number of rotatable bonds is 5. The van der Waals surface area contributed by atoms with Crippen LogP contribution in [0, 0.1) is 0 Å². The summed E-state index contributed by atoms with van der Waals surface area (Å²) in [6, 6.07) is -1.12. The van der Waals surface area contributed by atoms with Crippen molar-refractivity contribution in [2.24, 2.45) is 0 Å². The molecular weight excluding hydrogens is 229 g/mol. The van der Waals surface area contributed by atoms with Crippen LogP contribution in [0.15, 0.2) is 0 Å². The van der Waals surface area contributed by atoms with E-state index in [1.54, 1.807) is 20.8 Å². The summed E-state index contributed by atoms with van der Waals surface area (Å²) in [6.07, 6.45) is -1.80. The van der Waals surface area contributed by atoms with Gasteiger partial charge >= 0.3 is 12.1 Å². The summed E-state index contributed by atoms with van der Waals surface area (Å²) < 4.78 is 17.5. The number of amides is 1. The highest BCUT2D eigenvalue weighted by Gasteiger charge is 2.24. The van der Waals surface area contributed by atoms with Gasteiger partial charge in [-0.3, -0.25) is 0 Å². The standard InChI is InChI=1S/C11H20FNO4/c1-7(12)5-6-8(9(14)15)13-10(16)17-11(2,3)4/h7-8H,5-6H2,1-4H3,(H,13,16)(H,14,15)/t7?,8-/m0/s1. The Morgan fingerprint density at radius 2 is 1.88 bits per heavy atom. The summed E-state index contributed by atoms with van der Waals surface area (Å²) >= 11 is 0. The normalized spacial score (nSPS) is 14.9. The first-order chi connectivity index (χ1) is 7.61. The summed E-state index contributed by atoms with van der Waals surface area (Å²) in [6.45, 7) is 6.36. The van der Waals surface area contributed by atoms with Gasteiger partial charge in [-0.25, -0.2) is 14.0 Å². The Labute approximate surface area is 100 Å². The van der Waals surface area contributed by atoms with E-state index >= 15 is 0 Å². The van der Waals surface area contributed by atoms with Crippen molar-refractivity contribution < 1.29 is 23.8 Å². The van der Waals surface area contributed by atoms with Gasteiger partial charge < -0.3 is 15.2 Å². The average molecular weight is 249 g/mol. The minimum atomic E-state index is -1.20. The van der Waals surface area contributed by atoms with Crippen molar-refractivity contribution in [3.05, 3.63) is 0 Å². The Morgan fingerprint density at radius 1 is 1.35 bits per heavy atom. The predicted octanol–water partition coefficient (Wildman–Crippen LogP) is 2.10. The first-order valence-corrected chi connectivity index (χ1v) is 5.48. The van der Waals surface area contributed by atoms with Crippen LogP contribution in [-0.4, -0.2) is 35.0 Å². The highest BCUT2D eigenvalue weighted by Crippen LogP contribution is 2.09. The first kappa shape index (κ1) is 15.7. The lowest BCUT2D eigenvalue weighted by Gasteiger charge is -2.22. The topological polar surface area (TPSA) is 75.6 Å². The molecule has 0 aliphatic rings. The molecule has 17 heavy (non-hydrogen) atoms. The molecule has 5 nitrogen and oxygen atoms in total. The molecule has 0 aromatic carbocycles. The zero-order chi connectivity index (χ0) is 13.6. The second-order valence-corrected chi connectivity index (χ2v) is 4.90. The van der Waals surface area contributed by atoms with E-state index in [0.29, 0.717) is 0 Å². The summed E-state index contributed by atoms with van der Waals surface area (Å²) in [7, 11) is 0. The summed E-state index contributed by atoms with van der Waals surface area (Å²) in [5.41, 5.74) is -0.694. The number of nitrogens with one attached hydrogen (secondary N) is 1. The number of hydrogen-bond donors (Lipinski definition) is 2. The van der Waals surface area contributed by atoms with Gasteiger partial charge in [0.1, 0.15) is 11.6 Å². The molecule has 0 bridgehead atoms. The van der Waals surface area contributed by atoms with Crippen LogP contribution in [0.25, 0.3) is 0 Å². The maximum absolute atomic E-state index is 12.6. The van der Waals surface area contributed by atoms with Crippen molar-refractivity contribution in [3.63, 3.8) is 0 Å². The van der Waals surface area contributed by atoms with Gasteiger partial charge in [0.25, 0.3) is 0 Å². The van der Waals surface area contributed by atoms with Crippen LogP contribution < -0.4 is 5.32 Å². The number of alkyl carbamates (subject to hydrolysis) is 1. The van der Waals surface area contributed by atoms with Crippen LogP contribution in [0.2, 0.25) is 0 Å². The zero-order valence-electron chi connectivity index (χ0n) is 10.6. The Balaban J connectivity index is 4.26. The summed E-state index contributed by atoms with van der Waals surface area (Å²) in [5.74, 6) is -1.20. The molecule has 6 heteroatoms. The highest BCUT2D eigenvalue weighted by molar-refractivity contribution is 5.79. The van der Waals surface area contributed by atoms with Crippen molar-refractivity contribution in [2.45, 2.75) is 58.4 Å². The van der Waals surface area contributed by atoms with Crippen molar-refractivity contribution in [1.29, 1.82) is 0 Å². The zero-order valence-corrected chi connectivity index (χ0v) is 10.6. The highest BCUT2D eigenvalue weighted by atomic mass is 19.1. The molecule has 0 aromatic heterocycles. The molecule has 0 saturated heterocycles. The van der Waals surface area contributed by atoms with E-state index in [1.165, 1.54) is 6.92 Å². The predicted molar refractivity (Wildman–Crippen MR) is 60.6 cm³/mol. The number of carbonyl (C=O) groups is 2. The van der Waals surface area contributed by atoms with E-state index in [2.05, 4.69) is 5.32 Å². The molecule has 0 rings (SSSR count). The smallest absolute Gasteiger partial charge is 0.408 e. The Kier molecular flexibility index (Phi) is 5.91. The monoisotopic (exact) mass is 249 g/mol. The molecule has 0 aromatic rings. The lowest BCUT2D eigenvalue weighted by molar-refractivity contribution is -0.139. The molecule has 1 unspecified atom stereocenters. The third-order valence-corrected chi connectivity index (χ3v) is 1.84. The van der Waals surface area contributed by atoms with Crippen LogP contribution in [0.3, 0.4) is 0 Å². The van der Waals surface area contributed by atoms with E-state index in [4.69, 9.17) is 9.84 Å². The molecule has 2 atom stereocenters. The van der Waals surface area contributed by atoms with E-state index in [0.717, 1.165) is 0 Å². The van der Waals surface area contributed by atoms with E-state index in [1.807, 2.05) is 0 Å². The minimum Gasteiger partial charge on any atom is -0.480 e. The minimum absolute atomic E-state index is 0.0340. The van der Waals surface area contributed by atoms with E-state index in [9.17, 15) is 14.0 Å². The Morgan fingerprint density at radius 3 is 2.24 bits per heavy atom. The first-order valence-electron chi connectivity index (χ1n) is 5.48. The van der Waals surface area contributed by atoms with Crippen molar-refractivity contribution in [1.82, 2.24) is 5.32 Å². The van der Waals surface area contributed by atoms with Crippen LogP contribution in [-0.2, 0) is 9.53 Å². The molecule has 0 saturated carbocycles. The van der Waals surface area contributed by atoms with Gasteiger partial charge in [-0.1, -0.05) is 0 Å². The van der Waals surface area contributed by atoms with Gasteiger partial charge in [0.05, 0.1) is 6.17 Å². The molecule has 0 aliphatic carbocycles. The lowest BCUT2D eigenvalue weighted by Crippen LogP contribution is -2.43. The summed E-state index contributed by atoms with van der Waals surface area (Å²) in [4.78, 5) is 22.1. The average Bonchev–Trinajstić information content (AvgIpc) is 2.08. The number of ether oxygens (including phenoxy) is 1. The molecule has 0 heterocycles. The molecule has 0 radical (unpaired) electrons. The van der Waals surface area contributed by atoms with Crippen molar-refractivity contribution >= 4 is 12.1 Å².